The van der Waals surface area contributed by atoms with Gasteiger partial charge in [0.2, 0.25) is 17.6 Å². The Morgan fingerprint density at radius 1 is 1.24 bits per heavy atom. The van der Waals surface area contributed by atoms with Crippen molar-refractivity contribution < 1.29 is 9.66 Å². The number of ether oxygens (including phenoxy) is 1. The highest BCUT2D eigenvalue weighted by Crippen LogP contribution is 2.27. The quantitative estimate of drug-likeness (QED) is 0.476. The lowest BCUT2D eigenvalue weighted by atomic mass is 9.89. The van der Waals surface area contributed by atoms with Crippen molar-refractivity contribution in [1.29, 1.82) is 0 Å². The second kappa shape index (κ2) is 9.99. The molecule has 2 heterocycles. The van der Waals surface area contributed by atoms with Crippen LogP contribution >= 0.6 is 0 Å². The molecule has 0 aliphatic heterocycles. The number of nitrogens with zero attached hydrogens (tertiary/aromatic N) is 4. The Kier molecular flexibility index (Phi) is 7.15. The van der Waals surface area contributed by atoms with Crippen LogP contribution in [-0.2, 0) is 6.54 Å². The summed E-state index contributed by atoms with van der Waals surface area (Å²) in [6, 6.07) is 3.74. The summed E-state index contributed by atoms with van der Waals surface area (Å²) in [5.74, 6) is 1.65. The normalized spacial score (nSPS) is 14.6. The third-order valence-corrected chi connectivity index (χ3v) is 4.88. The molecule has 29 heavy (non-hydrogen) atoms. The van der Waals surface area contributed by atoms with Gasteiger partial charge in [-0.3, -0.25) is 10.1 Å². The summed E-state index contributed by atoms with van der Waals surface area (Å²) in [5, 5.41) is 17.6. The maximum atomic E-state index is 11.4. The van der Waals surface area contributed by atoms with Gasteiger partial charge in [-0.05, 0) is 38.7 Å². The van der Waals surface area contributed by atoms with Gasteiger partial charge in [-0.15, -0.1) is 0 Å². The van der Waals surface area contributed by atoms with E-state index in [-0.39, 0.29) is 17.6 Å². The van der Waals surface area contributed by atoms with Crippen molar-refractivity contribution in [2.75, 3.05) is 17.2 Å². The van der Waals surface area contributed by atoms with Crippen LogP contribution in [0, 0.1) is 16.0 Å². The summed E-state index contributed by atoms with van der Waals surface area (Å²) in [6.07, 6.45) is 8.94. The van der Waals surface area contributed by atoms with Crippen molar-refractivity contribution in [2.45, 2.75) is 58.6 Å². The molecule has 2 aromatic rings. The van der Waals surface area contributed by atoms with E-state index in [1.165, 1.54) is 25.5 Å². The number of aromatic nitrogens is 3. The standard InChI is InChI=1S/C20H28N6O3/c1-14(2)29-19-16(9-6-10-21-19)12-23-20-24-13-17(26(27)28)18(25-20)22-11-15-7-4-3-5-8-15/h6,9-10,13-15H,3-5,7-8,11-12H2,1-2H3,(H2,22,23,24,25). The van der Waals surface area contributed by atoms with Crippen LogP contribution in [0.15, 0.2) is 24.5 Å². The van der Waals surface area contributed by atoms with Gasteiger partial charge >= 0.3 is 5.69 Å². The third-order valence-electron chi connectivity index (χ3n) is 4.88. The summed E-state index contributed by atoms with van der Waals surface area (Å²) >= 11 is 0. The number of anilines is 2. The molecule has 3 rings (SSSR count). The van der Waals surface area contributed by atoms with Crippen LogP contribution in [0.5, 0.6) is 5.88 Å². The predicted molar refractivity (Wildman–Crippen MR) is 111 cm³/mol. The van der Waals surface area contributed by atoms with Crippen molar-refractivity contribution in [2.24, 2.45) is 5.92 Å². The molecule has 1 aliphatic rings. The highest BCUT2D eigenvalue weighted by molar-refractivity contribution is 5.57. The lowest BCUT2D eigenvalue weighted by Crippen LogP contribution is -2.19. The number of nitro groups is 1. The minimum absolute atomic E-state index is 0.00913. The fraction of sp³-hybridized carbons (Fsp3) is 0.550. The van der Waals surface area contributed by atoms with Gasteiger partial charge in [0.1, 0.15) is 6.20 Å². The van der Waals surface area contributed by atoms with Crippen LogP contribution in [0.1, 0.15) is 51.5 Å². The Morgan fingerprint density at radius 3 is 2.76 bits per heavy atom. The average molecular weight is 400 g/mol. The topological polar surface area (TPSA) is 115 Å². The molecule has 0 bridgehead atoms. The summed E-state index contributed by atoms with van der Waals surface area (Å²) in [6.45, 7) is 4.97. The average Bonchev–Trinajstić information content (AvgIpc) is 2.72. The lowest BCUT2D eigenvalue weighted by Gasteiger charge is -2.21. The summed E-state index contributed by atoms with van der Waals surface area (Å²) < 4.78 is 5.72. The molecule has 156 valence electrons. The molecule has 0 aromatic carbocycles. The fourth-order valence-corrected chi connectivity index (χ4v) is 3.42. The largest absolute Gasteiger partial charge is 0.475 e. The molecule has 0 amide bonds. The Morgan fingerprint density at radius 2 is 2.03 bits per heavy atom. The molecule has 0 spiro atoms. The first-order valence-electron chi connectivity index (χ1n) is 10.1. The van der Waals surface area contributed by atoms with Crippen molar-refractivity contribution in [3.8, 4) is 5.88 Å². The van der Waals surface area contributed by atoms with Crippen molar-refractivity contribution in [3.05, 3.63) is 40.2 Å². The van der Waals surface area contributed by atoms with Crippen molar-refractivity contribution in [3.63, 3.8) is 0 Å². The maximum absolute atomic E-state index is 11.4. The maximum Gasteiger partial charge on any atom is 0.329 e. The first-order chi connectivity index (χ1) is 14.0. The first kappa shape index (κ1) is 20.8. The van der Waals surface area contributed by atoms with Gasteiger partial charge in [-0.1, -0.05) is 25.3 Å². The highest BCUT2D eigenvalue weighted by atomic mass is 16.6. The van der Waals surface area contributed by atoms with Crippen molar-refractivity contribution in [1.82, 2.24) is 15.0 Å². The number of pyridine rings is 1. The van der Waals surface area contributed by atoms with Crippen LogP contribution in [0.2, 0.25) is 0 Å². The van der Waals surface area contributed by atoms with Gasteiger partial charge in [0, 0.05) is 24.8 Å². The first-order valence-corrected chi connectivity index (χ1v) is 10.1. The van der Waals surface area contributed by atoms with Crippen molar-refractivity contribution >= 4 is 17.5 Å². The van der Waals surface area contributed by atoms with Gasteiger partial charge < -0.3 is 15.4 Å². The van der Waals surface area contributed by atoms with Gasteiger partial charge in [-0.2, -0.15) is 4.98 Å². The predicted octanol–water partition coefficient (Wildman–Crippen LogP) is 4.17. The number of hydrogen-bond acceptors (Lipinski definition) is 8. The third kappa shape index (κ3) is 6.00. The summed E-state index contributed by atoms with van der Waals surface area (Å²) in [7, 11) is 0. The van der Waals surface area contributed by atoms with Crippen LogP contribution in [-0.4, -0.2) is 32.5 Å². The van der Waals surface area contributed by atoms with E-state index in [0.29, 0.717) is 30.8 Å². The smallest absolute Gasteiger partial charge is 0.329 e. The number of nitrogens with one attached hydrogen (secondary N) is 2. The molecular formula is C20H28N6O3. The van der Waals surface area contributed by atoms with Gasteiger partial charge in [0.25, 0.3) is 0 Å². The van der Waals surface area contributed by atoms with Crippen LogP contribution < -0.4 is 15.4 Å². The van der Waals surface area contributed by atoms with Crippen LogP contribution in [0.4, 0.5) is 17.5 Å². The van der Waals surface area contributed by atoms with E-state index in [9.17, 15) is 10.1 Å². The van der Waals surface area contributed by atoms with E-state index >= 15 is 0 Å². The highest BCUT2D eigenvalue weighted by Gasteiger charge is 2.20. The molecule has 9 nitrogen and oxygen atoms in total. The Balaban J connectivity index is 1.69. The molecule has 2 N–H and O–H groups in total. The number of hydrogen-bond donors (Lipinski definition) is 2. The Bertz CT molecular complexity index is 824. The Hall–Kier alpha value is -2.97. The van der Waals surface area contributed by atoms with E-state index in [4.69, 9.17) is 4.74 Å². The molecule has 1 fully saturated rings. The minimum atomic E-state index is -0.456. The summed E-state index contributed by atoms with van der Waals surface area (Å²) in [4.78, 5) is 23.6. The zero-order valence-corrected chi connectivity index (χ0v) is 16.9. The van der Waals surface area contributed by atoms with E-state index in [1.807, 2.05) is 26.0 Å². The minimum Gasteiger partial charge on any atom is -0.475 e. The van der Waals surface area contributed by atoms with Crippen LogP contribution in [0.25, 0.3) is 0 Å². The molecule has 0 saturated heterocycles. The van der Waals surface area contributed by atoms with Gasteiger partial charge in [0.15, 0.2) is 0 Å². The molecule has 0 radical (unpaired) electrons. The molecule has 1 saturated carbocycles. The van der Waals surface area contributed by atoms with E-state index < -0.39 is 4.92 Å². The van der Waals surface area contributed by atoms with Gasteiger partial charge in [-0.25, -0.2) is 9.97 Å². The number of rotatable bonds is 9. The monoisotopic (exact) mass is 400 g/mol. The summed E-state index contributed by atoms with van der Waals surface area (Å²) in [5.41, 5.74) is 0.747. The second-order valence-electron chi connectivity index (χ2n) is 7.56. The Labute approximate surface area is 170 Å². The lowest BCUT2D eigenvalue weighted by molar-refractivity contribution is -0.384. The molecule has 1 aliphatic carbocycles. The fourth-order valence-electron chi connectivity index (χ4n) is 3.42. The zero-order valence-electron chi connectivity index (χ0n) is 16.9. The molecule has 0 atom stereocenters. The molecular weight excluding hydrogens is 372 g/mol. The zero-order chi connectivity index (χ0) is 20.6. The SMILES string of the molecule is CC(C)Oc1ncccc1CNc1ncc([N+](=O)[O-])c(NCC2CCCCC2)n1. The van der Waals surface area contributed by atoms with Gasteiger partial charge in [0.05, 0.1) is 11.0 Å². The molecule has 2 aromatic heterocycles. The second-order valence-corrected chi connectivity index (χ2v) is 7.56. The van der Waals surface area contributed by atoms with E-state index in [0.717, 1.165) is 18.4 Å². The van der Waals surface area contributed by atoms with E-state index in [2.05, 4.69) is 25.6 Å². The molecule has 0 unspecified atom stereocenters. The molecule has 9 heteroatoms. The van der Waals surface area contributed by atoms with Crippen LogP contribution in [0.3, 0.4) is 0 Å². The van der Waals surface area contributed by atoms with E-state index in [1.54, 1.807) is 6.20 Å².